The number of sulfone groups is 1. The number of nitrogens with one attached hydrogen (secondary N) is 2. The molecule has 116 valence electrons. The summed E-state index contributed by atoms with van der Waals surface area (Å²) in [6.07, 6.45) is 0.389. The Labute approximate surface area is 128 Å². The lowest BCUT2D eigenvalue weighted by atomic mass is 10.1. The van der Waals surface area contributed by atoms with Crippen molar-refractivity contribution in [3.05, 3.63) is 36.2 Å². The molecule has 1 aromatic heterocycles. The third-order valence-electron chi connectivity index (χ3n) is 3.60. The maximum atomic E-state index is 11.9. The molecule has 22 heavy (non-hydrogen) atoms. The minimum absolute atomic E-state index is 0.0650. The Bertz CT molecular complexity index is 770. The second-order valence-corrected chi connectivity index (χ2v) is 7.52. The number of hydrogen-bond acceptors (Lipinski definition) is 5. The normalized spacial score (nSPS) is 19.9. The minimum atomic E-state index is -3.05. The first-order chi connectivity index (χ1) is 10.5. The predicted molar refractivity (Wildman–Crippen MR) is 80.4 cm³/mol. The number of carbonyl (C=O) groups is 1. The summed E-state index contributed by atoms with van der Waals surface area (Å²) in [6, 6.07) is 9.50. The summed E-state index contributed by atoms with van der Waals surface area (Å²) in [5, 5.41) is 9.58. The van der Waals surface area contributed by atoms with Gasteiger partial charge in [-0.3, -0.25) is 9.89 Å². The van der Waals surface area contributed by atoms with Gasteiger partial charge in [-0.25, -0.2) is 13.4 Å². The van der Waals surface area contributed by atoms with Gasteiger partial charge in [-0.1, -0.05) is 30.3 Å². The Balaban J connectivity index is 1.59. The third kappa shape index (κ3) is 3.33. The Morgan fingerprint density at radius 2 is 2.09 bits per heavy atom. The van der Waals surface area contributed by atoms with Gasteiger partial charge in [0.2, 0.25) is 5.91 Å². The summed E-state index contributed by atoms with van der Waals surface area (Å²) < 4.78 is 22.7. The molecule has 0 saturated carbocycles. The summed E-state index contributed by atoms with van der Waals surface area (Å²) in [4.78, 5) is 16.3. The van der Waals surface area contributed by atoms with Gasteiger partial charge in [0, 0.05) is 5.56 Å². The van der Waals surface area contributed by atoms with Crippen LogP contribution in [-0.2, 0) is 21.2 Å². The fourth-order valence-corrected chi connectivity index (χ4v) is 4.15. The second kappa shape index (κ2) is 5.88. The summed E-state index contributed by atoms with van der Waals surface area (Å²) in [5.41, 5.74) is 0.887. The van der Waals surface area contributed by atoms with Gasteiger partial charge < -0.3 is 5.32 Å². The van der Waals surface area contributed by atoms with E-state index >= 15 is 0 Å². The van der Waals surface area contributed by atoms with Crippen molar-refractivity contribution < 1.29 is 13.2 Å². The number of aromatic nitrogens is 3. The summed E-state index contributed by atoms with van der Waals surface area (Å²) in [5.74, 6) is 0.414. The van der Waals surface area contributed by atoms with Gasteiger partial charge in [0.05, 0.1) is 24.0 Å². The molecule has 7 nitrogen and oxygen atoms in total. The molecular weight excluding hydrogens is 304 g/mol. The van der Waals surface area contributed by atoms with E-state index in [-0.39, 0.29) is 24.0 Å². The Morgan fingerprint density at radius 3 is 2.77 bits per heavy atom. The molecule has 1 fully saturated rings. The maximum Gasteiger partial charge on any atom is 0.224 e. The molecule has 2 aromatic rings. The van der Waals surface area contributed by atoms with Crippen LogP contribution in [0.25, 0.3) is 11.4 Å². The first-order valence-corrected chi connectivity index (χ1v) is 8.80. The van der Waals surface area contributed by atoms with Gasteiger partial charge in [0.25, 0.3) is 0 Å². The van der Waals surface area contributed by atoms with Crippen LogP contribution in [0.1, 0.15) is 12.2 Å². The number of H-pyrrole nitrogens is 1. The maximum absolute atomic E-state index is 11.9. The quantitative estimate of drug-likeness (QED) is 0.854. The number of hydrogen-bond donors (Lipinski definition) is 2. The number of nitrogens with zero attached hydrogens (tertiary/aromatic N) is 2. The standard InChI is InChI=1S/C14H16N4O3S/c19-14(11-6-7-22(20,21)9-11)15-8-12-16-13(18-17-12)10-4-2-1-3-5-10/h1-5,11H,6-9H2,(H,15,19)(H,16,17,18)/t11-/m0/s1. The van der Waals surface area contributed by atoms with Crippen molar-refractivity contribution in [3.8, 4) is 11.4 Å². The molecule has 0 spiro atoms. The van der Waals surface area contributed by atoms with Crippen molar-refractivity contribution in [2.45, 2.75) is 13.0 Å². The van der Waals surface area contributed by atoms with Gasteiger partial charge in [0.15, 0.2) is 15.7 Å². The van der Waals surface area contributed by atoms with E-state index in [9.17, 15) is 13.2 Å². The van der Waals surface area contributed by atoms with Gasteiger partial charge in [-0.05, 0) is 6.42 Å². The van der Waals surface area contributed by atoms with Crippen LogP contribution in [0.4, 0.5) is 0 Å². The third-order valence-corrected chi connectivity index (χ3v) is 5.36. The first kappa shape index (κ1) is 14.7. The largest absolute Gasteiger partial charge is 0.349 e. The molecule has 1 atom stereocenters. The Kier molecular flexibility index (Phi) is 3.93. The number of amides is 1. The fourth-order valence-electron chi connectivity index (χ4n) is 2.41. The average molecular weight is 320 g/mol. The molecule has 0 bridgehead atoms. The van der Waals surface area contributed by atoms with Gasteiger partial charge in [0.1, 0.15) is 5.82 Å². The molecule has 1 saturated heterocycles. The van der Waals surface area contributed by atoms with Gasteiger partial charge in [-0.2, -0.15) is 5.10 Å². The molecular formula is C14H16N4O3S. The van der Waals surface area contributed by atoms with E-state index in [0.717, 1.165) is 5.56 Å². The molecule has 1 amide bonds. The SMILES string of the molecule is O=C(NCc1nc(-c2ccccc2)n[nH]1)[C@H]1CCS(=O)(=O)C1. The molecule has 0 unspecified atom stereocenters. The summed E-state index contributed by atoms with van der Waals surface area (Å²) in [6.45, 7) is 0.204. The summed E-state index contributed by atoms with van der Waals surface area (Å²) >= 11 is 0. The highest BCUT2D eigenvalue weighted by Gasteiger charge is 2.32. The average Bonchev–Trinajstić information content (AvgIpc) is 3.12. The van der Waals surface area contributed by atoms with Crippen LogP contribution in [0.5, 0.6) is 0 Å². The highest BCUT2D eigenvalue weighted by molar-refractivity contribution is 7.91. The molecule has 0 aliphatic carbocycles. The van der Waals surface area contributed by atoms with Crippen molar-refractivity contribution in [1.29, 1.82) is 0 Å². The second-order valence-electron chi connectivity index (χ2n) is 5.29. The van der Waals surface area contributed by atoms with Crippen LogP contribution < -0.4 is 5.32 Å². The van der Waals surface area contributed by atoms with Crippen LogP contribution in [0.2, 0.25) is 0 Å². The molecule has 1 aromatic carbocycles. The minimum Gasteiger partial charge on any atom is -0.349 e. The molecule has 1 aliphatic rings. The highest BCUT2D eigenvalue weighted by atomic mass is 32.2. The zero-order chi connectivity index (χ0) is 15.6. The van der Waals surface area contributed by atoms with Crippen molar-refractivity contribution in [2.75, 3.05) is 11.5 Å². The lowest BCUT2D eigenvalue weighted by Crippen LogP contribution is -2.31. The van der Waals surface area contributed by atoms with Crippen molar-refractivity contribution >= 4 is 15.7 Å². The summed E-state index contributed by atoms with van der Waals surface area (Å²) in [7, 11) is -3.05. The van der Waals surface area contributed by atoms with E-state index in [4.69, 9.17) is 0 Å². The number of rotatable bonds is 4. The predicted octanol–water partition coefficient (Wildman–Crippen LogP) is 0.523. The van der Waals surface area contributed by atoms with Gasteiger partial charge >= 0.3 is 0 Å². The van der Waals surface area contributed by atoms with Crippen LogP contribution in [-0.4, -0.2) is 41.0 Å². The Morgan fingerprint density at radius 1 is 1.32 bits per heavy atom. The highest BCUT2D eigenvalue weighted by Crippen LogP contribution is 2.18. The smallest absolute Gasteiger partial charge is 0.224 e. The monoisotopic (exact) mass is 320 g/mol. The van der Waals surface area contributed by atoms with Crippen LogP contribution in [0.3, 0.4) is 0 Å². The van der Waals surface area contributed by atoms with Crippen molar-refractivity contribution in [3.63, 3.8) is 0 Å². The van der Waals surface area contributed by atoms with Crippen molar-refractivity contribution in [1.82, 2.24) is 20.5 Å². The zero-order valence-electron chi connectivity index (χ0n) is 11.8. The molecule has 8 heteroatoms. The van der Waals surface area contributed by atoms with E-state index in [1.54, 1.807) is 0 Å². The van der Waals surface area contributed by atoms with Crippen LogP contribution >= 0.6 is 0 Å². The Hall–Kier alpha value is -2.22. The van der Waals surface area contributed by atoms with Crippen LogP contribution in [0, 0.1) is 5.92 Å². The van der Waals surface area contributed by atoms with E-state index in [1.807, 2.05) is 30.3 Å². The van der Waals surface area contributed by atoms with E-state index < -0.39 is 15.8 Å². The first-order valence-electron chi connectivity index (χ1n) is 6.98. The fraction of sp³-hybridized carbons (Fsp3) is 0.357. The van der Waals surface area contributed by atoms with E-state index in [2.05, 4.69) is 20.5 Å². The van der Waals surface area contributed by atoms with E-state index in [0.29, 0.717) is 18.1 Å². The molecule has 2 N–H and O–H groups in total. The number of carbonyl (C=O) groups excluding carboxylic acids is 1. The van der Waals surface area contributed by atoms with Gasteiger partial charge in [-0.15, -0.1) is 0 Å². The number of benzene rings is 1. The molecule has 1 aliphatic heterocycles. The van der Waals surface area contributed by atoms with Crippen LogP contribution in [0.15, 0.2) is 30.3 Å². The zero-order valence-corrected chi connectivity index (χ0v) is 12.6. The van der Waals surface area contributed by atoms with Crippen molar-refractivity contribution in [2.24, 2.45) is 5.92 Å². The lowest BCUT2D eigenvalue weighted by molar-refractivity contribution is -0.124. The molecule has 2 heterocycles. The van der Waals surface area contributed by atoms with E-state index in [1.165, 1.54) is 0 Å². The molecule has 3 rings (SSSR count). The molecule has 0 radical (unpaired) electrons. The topological polar surface area (TPSA) is 105 Å². The lowest BCUT2D eigenvalue weighted by Gasteiger charge is -2.07. The number of aromatic amines is 1.